The Hall–Kier alpha value is -3.51. The lowest BCUT2D eigenvalue weighted by Gasteiger charge is -2.25. The second kappa shape index (κ2) is 7.48. The van der Waals surface area contributed by atoms with Crippen LogP contribution in [0.4, 0.5) is 11.5 Å². The van der Waals surface area contributed by atoms with Gasteiger partial charge in [-0.15, -0.1) is 0 Å². The van der Waals surface area contributed by atoms with Crippen molar-refractivity contribution in [3.63, 3.8) is 0 Å². The van der Waals surface area contributed by atoms with Crippen molar-refractivity contribution < 1.29 is 13.2 Å². The molecule has 0 N–H and O–H groups in total. The number of nitrogens with zero attached hydrogens (tertiary/aromatic N) is 2. The van der Waals surface area contributed by atoms with E-state index in [2.05, 4.69) is 4.98 Å². The Morgan fingerprint density at radius 3 is 2.21 bits per heavy atom. The highest BCUT2D eigenvalue weighted by molar-refractivity contribution is 7.93. The van der Waals surface area contributed by atoms with Gasteiger partial charge in [0.2, 0.25) is 0 Å². The Bertz CT molecular complexity index is 1290. The van der Waals surface area contributed by atoms with Crippen LogP contribution in [0.25, 0.3) is 10.9 Å². The first-order chi connectivity index (χ1) is 14.0. The summed E-state index contributed by atoms with van der Waals surface area (Å²) in [5.74, 6) is 0.0745. The molecule has 0 radical (unpaired) electrons. The molecular weight excluding hydrogens is 384 g/mol. The van der Waals surface area contributed by atoms with Gasteiger partial charge in [0.25, 0.3) is 10.0 Å². The highest BCUT2D eigenvalue weighted by Gasteiger charge is 2.30. The standard InChI is InChI=1S/C23H18N2O3S/c1-17-11-13-21(14-12-17)29(27,28)25(20-8-3-2-4-9-20)23-19(16-26)15-18-7-5-6-10-22(18)24-23/h2-16H,1H3. The molecule has 0 spiro atoms. The van der Waals surface area contributed by atoms with Gasteiger partial charge in [0.1, 0.15) is 0 Å². The van der Waals surface area contributed by atoms with E-state index in [-0.39, 0.29) is 16.3 Å². The highest BCUT2D eigenvalue weighted by Crippen LogP contribution is 2.34. The summed E-state index contributed by atoms with van der Waals surface area (Å²) in [6.07, 6.45) is 0.634. The van der Waals surface area contributed by atoms with Crippen molar-refractivity contribution in [1.29, 1.82) is 0 Å². The lowest BCUT2D eigenvalue weighted by Crippen LogP contribution is -2.28. The number of carbonyl (C=O) groups is 1. The molecule has 144 valence electrons. The summed E-state index contributed by atoms with van der Waals surface area (Å²) < 4.78 is 28.4. The maximum absolute atomic E-state index is 13.6. The van der Waals surface area contributed by atoms with Crippen LogP contribution in [-0.2, 0) is 10.0 Å². The molecule has 0 aliphatic rings. The molecule has 0 aliphatic carbocycles. The topological polar surface area (TPSA) is 67.3 Å². The summed E-state index contributed by atoms with van der Waals surface area (Å²) >= 11 is 0. The van der Waals surface area contributed by atoms with E-state index < -0.39 is 10.0 Å². The van der Waals surface area contributed by atoms with Gasteiger partial charge >= 0.3 is 0 Å². The molecule has 4 rings (SSSR count). The van der Waals surface area contributed by atoms with Crippen molar-refractivity contribution in [1.82, 2.24) is 4.98 Å². The van der Waals surface area contributed by atoms with Gasteiger partial charge in [-0.25, -0.2) is 17.7 Å². The molecule has 1 aromatic heterocycles. The average Bonchev–Trinajstić information content (AvgIpc) is 2.74. The van der Waals surface area contributed by atoms with Crippen LogP contribution in [0.1, 0.15) is 15.9 Å². The van der Waals surface area contributed by atoms with Gasteiger partial charge in [-0.3, -0.25) is 4.79 Å². The third-order valence-corrected chi connectivity index (χ3v) is 6.33. The second-order valence-electron chi connectivity index (χ2n) is 6.63. The fraction of sp³-hybridized carbons (Fsp3) is 0.0435. The van der Waals surface area contributed by atoms with Crippen LogP contribution < -0.4 is 4.31 Å². The molecule has 4 aromatic rings. The summed E-state index contributed by atoms with van der Waals surface area (Å²) in [6, 6.07) is 24.2. The molecule has 0 atom stereocenters. The van der Waals surface area contributed by atoms with Gasteiger partial charge in [0.15, 0.2) is 12.1 Å². The van der Waals surface area contributed by atoms with E-state index in [1.54, 1.807) is 66.7 Å². The predicted molar refractivity (Wildman–Crippen MR) is 114 cm³/mol. The van der Waals surface area contributed by atoms with Crippen LogP contribution in [0.2, 0.25) is 0 Å². The van der Waals surface area contributed by atoms with E-state index >= 15 is 0 Å². The number of pyridine rings is 1. The van der Waals surface area contributed by atoms with Crippen molar-refractivity contribution in [3.05, 3.63) is 96.1 Å². The van der Waals surface area contributed by atoms with Crippen LogP contribution in [0, 0.1) is 6.92 Å². The molecule has 0 fully saturated rings. The number of fused-ring (bicyclic) bond motifs is 1. The number of hydrogen-bond donors (Lipinski definition) is 0. The molecule has 0 saturated carbocycles. The highest BCUT2D eigenvalue weighted by atomic mass is 32.2. The van der Waals surface area contributed by atoms with E-state index in [0.717, 1.165) is 15.3 Å². The number of benzene rings is 3. The zero-order valence-corrected chi connectivity index (χ0v) is 16.5. The Balaban J connectivity index is 2.01. The number of carbonyl (C=O) groups excluding carboxylic acids is 1. The number of para-hydroxylation sites is 2. The molecule has 0 amide bonds. The third-order valence-electron chi connectivity index (χ3n) is 4.60. The van der Waals surface area contributed by atoms with Crippen LogP contribution in [0.15, 0.2) is 89.8 Å². The number of hydrogen-bond acceptors (Lipinski definition) is 4. The van der Waals surface area contributed by atoms with Gasteiger partial charge < -0.3 is 0 Å². The van der Waals surface area contributed by atoms with E-state index in [4.69, 9.17) is 0 Å². The van der Waals surface area contributed by atoms with Crippen LogP contribution >= 0.6 is 0 Å². The number of rotatable bonds is 5. The van der Waals surface area contributed by atoms with E-state index in [0.29, 0.717) is 17.5 Å². The number of aryl methyl sites for hydroxylation is 1. The van der Waals surface area contributed by atoms with Gasteiger partial charge in [-0.2, -0.15) is 0 Å². The zero-order valence-electron chi connectivity index (χ0n) is 15.7. The monoisotopic (exact) mass is 402 g/mol. The Kier molecular flexibility index (Phi) is 4.86. The quantitative estimate of drug-likeness (QED) is 0.446. The summed E-state index contributed by atoms with van der Waals surface area (Å²) in [5.41, 5.74) is 2.16. The van der Waals surface area contributed by atoms with Crippen LogP contribution in [0.5, 0.6) is 0 Å². The van der Waals surface area contributed by atoms with Crippen LogP contribution in [0.3, 0.4) is 0 Å². The zero-order chi connectivity index (χ0) is 20.4. The molecule has 0 bridgehead atoms. The molecule has 3 aromatic carbocycles. The first kappa shape index (κ1) is 18.8. The van der Waals surface area contributed by atoms with Gasteiger partial charge in [-0.1, -0.05) is 54.1 Å². The van der Waals surface area contributed by atoms with Gasteiger partial charge in [0.05, 0.1) is 21.7 Å². The summed E-state index contributed by atoms with van der Waals surface area (Å²) in [5, 5.41) is 0.763. The number of sulfonamides is 1. The largest absolute Gasteiger partial charge is 0.298 e. The molecule has 0 saturated heterocycles. The maximum Gasteiger partial charge on any atom is 0.269 e. The van der Waals surface area contributed by atoms with Crippen molar-refractivity contribution in [2.75, 3.05) is 4.31 Å². The minimum absolute atomic E-state index is 0.0745. The smallest absolute Gasteiger partial charge is 0.269 e. The van der Waals surface area contributed by atoms with Crippen molar-refractivity contribution >= 4 is 38.7 Å². The fourth-order valence-electron chi connectivity index (χ4n) is 3.13. The van der Waals surface area contributed by atoms with Crippen LogP contribution in [-0.4, -0.2) is 19.7 Å². The molecule has 0 aliphatic heterocycles. The second-order valence-corrected chi connectivity index (χ2v) is 8.42. The number of aromatic nitrogens is 1. The van der Waals surface area contributed by atoms with Crippen molar-refractivity contribution in [3.8, 4) is 0 Å². The lowest BCUT2D eigenvalue weighted by molar-refractivity contribution is 0.112. The first-order valence-electron chi connectivity index (χ1n) is 9.03. The number of anilines is 2. The lowest BCUT2D eigenvalue weighted by atomic mass is 10.1. The van der Waals surface area contributed by atoms with Crippen molar-refractivity contribution in [2.45, 2.75) is 11.8 Å². The molecule has 0 unspecified atom stereocenters. The molecule has 5 nitrogen and oxygen atoms in total. The molecule has 29 heavy (non-hydrogen) atoms. The normalized spacial score (nSPS) is 11.3. The minimum atomic E-state index is -4.01. The predicted octanol–water partition coefficient (Wildman–Crippen LogP) is 4.88. The number of aldehydes is 1. The summed E-state index contributed by atoms with van der Waals surface area (Å²) in [6.45, 7) is 1.89. The van der Waals surface area contributed by atoms with Gasteiger partial charge in [0, 0.05) is 5.39 Å². The third kappa shape index (κ3) is 3.50. The Labute approximate surface area is 169 Å². The van der Waals surface area contributed by atoms with E-state index in [9.17, 15) is 13.2 Å². The average molecular weight is 402 g/mol. The molecule has 6 heteroatoms. The summed E-state index contributed by atoms with van der Waals surface area (Å²) in [7, 11) is -4.01. The van der Waals surface area contributed by atoms with Crippen molar-refractivity contribution in [2.24, 2.45) is 0 Å². The molecular formula is C23H18N2O3S. The summed E-state index contributed by atoms with van der Waals surface area (Å²) in [4.78, 5) is 16.5. The Morgan fingerprint density at radius 1 is 0.862 bits per heavy atom. The SMILES string of the molecule is Cc1ccc(S(=O)(=O)N(c2ccccc2)c2nc3ccccc3cc2C=O)cc1. The minimum Gasteiger partial charge on any atom is -0.298 e. The van der Waals surface area contributed by atoms with Gasteiger partial charge in [-0.05, 0) is 43.3 Å². The fourth-order valence-corrected chi connectivity index (χ4v) is 4.59. The van der Waals surface area contributed by atoms with E-state index in [1.807, 2.05) is 25.1 Å². The van der Waals surface area contributed by atoms with E-state index in [1.165, 1.54) is 0 Å². The maximum atomic E-state index is 13.6. The molecule has 1 heterocycles. The Morgan fingerprint density at radius 2 is 1.52 bits per heavy atom. The first-order valence-corrected chi connectivity index (χ1v) is 10.5.